The number of piperazine rings is 1. The van der Waals surface area contributed by atoms with Crippen LogP contribution >= 0.6 is 0 Å². The van der Waals surface area contributed by atoms with Crippen LogP contribution in [-0.4, -0.2) is 61.1 Å². The maximum absolute atomic E-state index is 13.1. The lowest BCUT2D eigenvalue weighted by molar-refractivity contribution is -0.137. The molecule has 0 unspecified atom stereocenters. The fourth-order valence-corrected chi connectivity index (χ4v) is 3.65. The Balaban J connectivity index is 1.26. The molecular weight excluding hydrogens is 439 g/mol. The van der Waals surface area contributed by atoms with Gasteiger partial charge in [-0.3, -0.25) is 14.5 Å². The zero-order chi connectivity index (χ0) is 23.4. The van der Waals surface area contributed by atoms with E-state index in [1.807, 2.05) is 6.07 Å². The molecule has 0 bridgehead atoms. The van der Waals surface area contributed by atoms with Crippen molar-refractivity contribution in [2.75, 3.05) is 44.8 Å². The van der Waals surface area contributed by atoms with E-state index in [1.54, 1.807) is 28.0 Å². The van der Waals surface area contributed by atoms with Crippen molar-refractivity contribution < 1.29 is 32.2 Å². The molecule has 33 heavy (non-hydrogen) atoms. The van der Waals surface area contributed by atoms with Crippen molar-refractivity contribution in [3.8, 4) is 11.5 Å². The van der Waals surface area contributed by atoms with Crippen LogP contribution in [0, 0.1) is 0 Å². The van der Waals surface area contributed by atoms with E-state index in [9.17, 15) is 22.8 Å². The predicted molar refractivity (Wildman–Crippen MR) is 115 cm³/mol. The number of ether oxygens (including phenoxy) is 2. The summed E-state index contributed by atoms with van der Waals surface area (Å²) in [5.74, 6) is 0.611. The number of benzene rings is 2. The number of amides is 2. The monoisotopic (exact) mass is 461 g/mol. The van der Waals surface area contributed by atoms with Crippen LogP contribution in [0.1, 0.15) is 11.1 Å². The van der Waals surface area contributed by atoms with Crippen molar-refractivity contribution in [2.45, 2.75) is 6.18 Å². The zero-order valence-corrected chi connectivity index (χ0v) is 17.6. The van der Waals surface area contributed by atoms with E-state index in [0.717, 1.165) is 11.6 Å². The van der Waals surface area contributed by atoms with Gasteiger partial charge in [-0.05, 0) is 35.9 Å². The van der Waals surface area contributed by atoms with E-state index < -0.39 is 17.6 Å². The van der Waals surface area contributed by atoms with Gasteiger partial charge in [0.1, 0.15) is 0 Å². The number of alkyl halides is 3. The van der Waals surface area contributed by atoms with Crippen LogP contribution in [0.15, 0.2) is 48.5 Å². The minimum absolute atomic E-state index is 0.0543. The summed E-state index contributed by atoms with van der Waals surface area (Å²) in [4.78, 5) is 28.2. The predicted octanol–water partition coefficient (Wildman–Crippen LogP) is 3.23. The first-order chi connectivity index (χ1) is 15.8. The first-order valence-corrected chi connectivity index (χ1v) is 10.3. The molecular formula is C23H22F3N3O4. The fraction of sp³-hybridized carbons (Fsp3) is 0.304. The van der Waals surface area contributed by atoms with Gasteiger partial charge >= 0.3 is 6.18 Å². The molecule has 2 aliphatic rings. The quantitative estimate of drug-likeness (QED) is 0.693. The van der Waals surface area contributed by atoms with E-state index in [1.165, 1.54) is 24.3 Å². The number of rotatable bonds is 5. The Morgan fingerprint density at radius 3 is 2.48 bits per heavy atom. The Kier molecular flexibility index (Phi) is 6.55. The summed E-state index contributed by atoms with van der Waals surface area (Å²) in [6, 6.07) is 10.3. The first kappa shape index (κ1) is 22.7. The zero-order valence-electron chi connectivity index (χ0n) is 17.6. The second-order valence-electron chi connectivity index (χ2n) is 7.64. The smallest absolute Gasteiger partial charge is 0.418 e. The molecule has 174 valence electrons. The van der Waals surface area contributed by atoms with E-state index >= 15 is 0 Å². The maximum atomic E-state index is 13.1. The third-order valence-electron chi connectivity index (χ3n) is 5.37. The molecule has 2 aromatic carbocycles. The third kappa shape index (κ3) is 5.64. The number of hydrogen-bond donors (Lipinski definition) is 1. The van der Waals surface area contributed by atoms with Gasteiger partial charge in [0, 0.05) is 32.3 Å². The van der Waals surface area contributed by atoms with Gasteiger partial charge in [-0.1, -0.05) is 18.2 Å². The van der Waals surface area contributed by atoms with Crippen molar-refractivity contribution in [3.63, 3.8) is 0 Å². The number of halogens is 3. The summed E-state index contributed by atoms with van der Waals surface area (Å²) in [6.45, 7) is 1.84. The normalized spacial score (nSPS) is 16.3. The Morgan fingerprint density at radius 2 is 1.73 bits per heavy atom. The van der Waals surface area contributed by atoms with Gasteiger partial charge in [-0.25, -0.2) is 0 Å². The highest BCUT2D eigenvalue weighted by molar-refractivity contribution is 5.93. The Hall–Kier alpha value is -3.53. The molecule has 2 amide bonds. The molecule has 0 aromatic heterocycles. The molecule has 7 nitrogen and oxygen atoms in total. The van der Waals surface area contributed by atoms with Crippen LogP contribution in [0.5, 0.6) is 11.5 Å². The summed E-state index contributed by atoms with van der Waals surface area (Å²) in [5.41, 5.74) is -0.345. The van der Waals surface area contributed by atoms with Gasteiger partial charge < -0.3 is 19.7 Å². The second kappa shape index (κ2) is 9.53. The molecule has 4 rings (SSSR count). The summed E-state index contributed by atoms with van der Waals surface area (Å²) >= 11 is 0. The number of nitrogens with zero attached hydrogens (tertiary/aromatic N) is 2. The fourth-order valence-electron chi connectivity index (χ4n) is 3.65. The molecule has 2 aromatic rings. The lowest BCUT2D eigenvalue weighted by Crippen LogP contribution is -2.50. The largest absolute Gasteiger partial charge is 0.454 e. The molecule has 1 saturated heterocycles. The lowest BCUT2D eigenvalue weighted by Gasteiger charge is -2.33. The average Bonchev–Trinajstić information content (AvgIpc) is 3.25. The molecule has 2 aliphatic heterocycles. The van der Waals surface area contributed by atoms with Gasteiger partial charge in [0.2, 0.25) is 18.6 Å². The molecule has 0 atom stereocenters. The summed E-state index contributed by atoms with van der Waals surface area (Å²) in [5, 5.41) is 2.34. The van der Waals surface area contributed by atoms with Crippen molar-refractivity contribution >= 4 is 23.6 Å². The van der Waals surface area contributed by atoms with Gasteiger partial charge in [-0.2, -0.15) is 13.2 Å². The Bertz CT molecular complexity index is 1060. The minimum Gasteiger partial charge on any atom is -0.454 e. The van der Waals surface area contributed by atoms with Crippen LogP contribution in [-0.2, 0) is 15.8 Å². The summed E-state index contributed by atoms with van der Waals surface area (Å²) < 4.78 is 49.8. The van der Waals surface area contributed by atoms with E-state index in [4.69, 9.17) is 9.47 Å². The van der Waals surface area contributed by atoms with Crippen LogP contribution in [0.25, 0.3) is 6.08 Å². The van der Waals surface area contributed by atoms with Gasteiger partial charge in [0.25, 0.3) is 0 Å². The van der Waals surface area contributed by atoms with Crippen LogP contribution in [0.4, 0.5) is 18.9 Å². The van der Waals surface area contributed by atoms with Crippen molar-refractivity contribution in [2.24, 2.45) is 0 Å². The molecule has 1 fully saturated rings. The highest BCUT2D eigenvalue weighted by atomic mass is 19.4. The number of carbonyl (C=O) groups is 2. The van der Waals surface area contributed by atoms with Crippen LogP contribution in [0.2, 0.25) is 0 Å². The molecule has 0 saturated carbocycles. The number of hydrogen-bond acceptors (Lipinski definition) is 5. The van der Waals surface area contributed by atoms with Crippen molar-refractivity contribution in [1.82, 2.24) is 9.80 Å². The number of para-hydroxylation sites is 1. The topological polar surface area (TPSA) is 71.1 Å². The molecule has 10 heteroatoms. The molecule has 2 heterocycles. The minimum atomic E-state index is -4.55. The van der Waals surface area contributed by atoms with Gasteiger partial charge in [0.05, 0.1) is 17.8 Å². The van der Waals surface area contributed by atoms with Crippen LogP contribution < -0.4 is 14.8 Å². The van der Waals surface area contributed by atoms with Gasteiger partial charge in [-0.15, -0.1) is 0 Å². The molecule has 0 radical (unpaired) electrons. The standard InChI is InChI=1S/C23H22F3N3O4/c24-23(25,26)17-3-1-2-4-18(17)27-21(30)14-28-9-11-29(12-10-28)22(31)8-6-16-5-7-19-20(13-16)33-15-32-19/h1-8,13H,9-12,14-15H2,(H,27,30). The van der Waals surface area contributed by atoms with Crippen molar-refractivity contribution in [1.29, 1.82) is 0 Å². The molecule has 1 N–H and O–H groups in total. The Morgan fingerprint density at radius 1 is 1.00 bits per heavy atom. The number of nitrogens with one attached hydrogen (secondary N) is 1. The maximum Gasteiger partial charge on any atom is 0.418 e. The number of anilines is 1. The van der Waals surface area contributed by atoms with Gasteiger partial charge in [0.15, 0.2) is 11.5 Å². The number of carbonyl (C=O) groups excluding carboxylic acids is 2. The van der Waals surface area contributed by atoms with E-state index in [0.29, 0.717) is 37.7 Å². The third-order valence-corrected chi connectivity index (χ3v) is 5.37. The average molecular weight is 461 g/mol. The van der Waals surface area contributed by atoms with E-state index in [2.05, 4.69) is 5.32 Å². The van der Waals surface area contributed by atoms with Crippen molar-refractivity contribution in [3.05, 3.63) is 59.7 Å². The number of fused-ring (bicyclic) bond motifs is 1. The Labute approximate surface area is 188 Å². The summed E-state index contributed by atoms with van der Waals surface area (Å²) in [7, 11) is 0. The SMILES string of the molecule is O=C(CN1CCN(C(=O)C=Cc2ccc3c(c2)OCO3)CC1)Nc1ccccc1C(F)(F)F. The molecule has 0 spiro atoms. The molecule has 0 aliphatic carbocycles. The van der Waals surface area contributed by atoms with E-state index in [-0.39, 0.29) is 24.9 Å². The first-order valence-electron chi connectivity index (χ1n) is 10.3. The van der Waals surface area contributed by atoms with Crippen LogP contribution in [0.3, 0.4) is 0 Å². The highest BCUT2D eigenvalue weighted by Gasteiger charge is 2.33. The lowest BCUT2D eigenvalue weighted by atomic mass is 10.1. The summed E-state index contributed by atoms with van der Waals surface area (Å²) in [6.07, 6.45) is -1.37. The second-order valence-corrected chi connectivity index (χ2v) is 7.64. The highest BCUT2D eigenvalue weighted by Crippen LogP contribution is 2.34.